The van der Waals surface area contributed by atoms with E-state index in [1.165, 1.54) is 59.3 Å². The molecule has 0 aliphatic carbocycles. The van der Waals surface area contributed by atoms with E-state index in [-0.39, 0.29) is 60.0 Å². The molecule has 0 unspecified atom stereocenters. The first-order chi connectivity index (χ1) is 30.7. The topological polar surface area (TPSA) is 90.2 Å². The van der Waals surface area contributed by atoms with Crippen molar-refractivity contribution in [2.45, 2.75) is 7.43 Å². The lowest BCUT2D eigenvalue weighted by molar-refractivity contribution is -0.0000154. The number of benzene rings is 7. The van der Waals surface area contributed by atoms with Crippen LogP contribution in [-0.2, 0) is 0 Å². The fourth-order valence-electron chi connectivity index (χ4n) is 6.70. The summed E-state index contributed by atoms with van der Waals surface area (Å²) in [5.41, 5.74) is 6.97. The molecule has 0 aliphatic heterocycles. The number of fused-ring (bicyclic) bond motifs is 1. The molecule has 13 heteroatoms. The molecule has 0 aliphatic rings. The highest BCUT2D eigenvalue weighted by atomic mass is 127. The molecule has 10 rings (SSSR count). The van der Waals surface area contributed by atoms with Crippen LogP contribution in [0, 0.1) is 23.3 Å². The van der Waals surface area contributed by atoms with Crippen molar-refractivity contribution in [1.82, 2.24) is 34.9 Å². The molecule has 0 amide bonds. The van der Waals surface area contributed by atoms with Crippen LogP contribution in [0.1, 0.15) is 7.43 Å². The van der Waals surface area contributed by atoms with Gasteiger partial charge in [-0.05, 0) is 155 Å². The van der Waals surface area contributed by atoms with Crippen LogP contribution >= 0.6 is 11.6 Å². The molecule has 0 spiro atoms. The van der Waals surface area contributed by atoms with Crippen molar-refractivity contribution in [2.24, 2.45) is 0 Å². The first-order valence-electron chi connectivity index (χ1n) is 19.5. The number of aromatic nitrogens is 7. The number of hydrogen-bond acceptors (Lipinski definition) is 7. The summed E-state index contributed by atoms with van der Waals surface area (Å²) < 4.78 is 53.2. The molecule has 0 atom stereocenters. The van der Waals surface area contributed by atoms with Crippen LogP contribution in [0.5, 0.6) is 0 Å². The van der Waals surface area contributed by atoms with E-state index in [1.807, 2.05) is 42.5 Å². The SMILES string of the molecule is C.Fc1ccc(-c2nc(-c3ccc(F)cc3)nc(-c3cccc(-c4cccc(-c5ccc6ccccc6c5)c4)n3)n2)cc1.Fc1ccc(-c2nc(Cl)nc(-c3ccc(F)cc3)n2)cc1.[I-]. The normalized spacial score (nSPS) is 10.6. The second-order valence-corrected chi connectivity index (χ2v) is 14.5. The van der Waals surface area contributed by atoms with Gasteiger partial charge in [-0.15, -0.1) is 0 Å². The Morgan fingerprint density at radius 2 is 0.662 bits per heavy atom. The van der Waals surface area contributed by atoms with Gasteiger partial charge in [0.05, 0.1) is 5.69 Å². The third-order valence-corrected chi connectivity index (χ3v) is 10.0. The molecule has 0 bridgehead atoms. The van der Waals surface area contributed by atoms with Crippen LogP contribution in [-0.4, -0.2) is 34.9 Å². The summed E-state index contributed by atoms with van der Waals surface area (Å²) in [7, 11) is 0. The number of halogens is 6. The monoisotopic (exact) mass is 994 g/mol. The zero-order valence-corrected chi connectivity index (χ0v) is 36.1. The van der Waals surface area contributed by atoms with E-state index in [4.69, 9.17) is 26.6 Å². The maximum absolute atomic E-state index is 13.6. The molecule has 7 aromatic carbocycles. The van der Waals surface area contributed by atoms with Gasteiger partial charge in [0.2, 0.25) is 5.28 Å². The number of rotatable bonds is 7. The molecule has 7 nitrogen and oxygen atoms in total. The Hall–Kier alpha value is -7.29. The van der Waals surface area contributed by atoms with E-state index < -0.39 is 0 Å². The van der Waals surface area contributed by atoms with E-state index >= 15 is 0 Å². The van der Waals surface area contributed by atoms with E-state index in [2.05, 4.69) is 62.4 Å². The van der Waals surface area contributed by atoms with Crippen LogP contribution in [0.25, 0.3) is 90.2 Å². The second kappa shape index (κ2) is 20.5. The molecule has 0 fully saturated rings. The molecule has 0 saturated heterocycles. The van der Waals surface area contributed by atoms with Gasteiger partial charge < -0.3 is 24.0 Å². The van der Waals surface area contributed by atoms with Gasteiger partial charge in [0.25, 0.3) is 0 Å². The van der Waals surface area contributed by atoms with Crippen molar-refractivity contribution in [2.75, 3.05) is 0 Å². The largest absolute Gasteiger partial charge is 1.00 e. The summed E-state index contributed by atoms with van der Waals surface area (Å²) in [6, 6.07) is 52.1. The van der Waals surface area contributed by atoms with Crippen molar-refractivity contribution >= 4 is 22.4 Å². The van der Waals surface area contributed by atoms with Crippen LogP contribution in [0.2, 0.25) is 5.28 Å². The fourth-order valence-corrected chi connectivity index (χ4v) is 6.86. The molecule has 3 heterocycles. The minimum Gasteiger partial charge on any atom is -1.00 e. The Morgan fingerprint density at radius 1 is 0.292 bits per heavy atom. The summed E-state index contributed by atoms with van der Waals surface area (Å²) in [6.07, 6.45) is 0. The summed E-state index contributed by atoms with van der Waals surface area (Å²) in [4.78, 5) is 31.3. The Kier molecular flexibility index (Phi) is 14.4. The molecule has 0 saturated carbocycles. The van der Waals surface area contributed by atoms with Crippen molar-refractivity contribution in [1.29, 1.82) is 0 Å². The van der Waals surface area contributed by atoms with Gasteiger partial charge in [-0.2, -0.15) is 9.97 Å². The zero-order valence-electron chi connectivity index (χ0n) is 33.2. The maximum Gasteiger partial charge on any atom is 0.226 e. The Balaban J connectivity index is 0.000000232. The van der Waals surface area contributed by atoms with E-state index in [0.29, 0.717) is 57.1 Å². The molecule has 320 valence electrons. The number of hydrogen-bond donors (Lipinski definition) is 0. The van der Waals surface area contributed by atoms with Crippen LogP contribution in [0.3, 0.4) is 0 Å². The van der Waals surface area contributed by atoms with Gasteiger partial charge in [-0.25, -0.2) is 42.5 Å². The molecule has 0 radical (unpaired) electrons. The second-order valence-electron chi connectivity index (χ2n) is 14.1. The Bertz CT molecular complexity index is 3100. The first-order valence-corrected chi connectivity index (χ1v) is 19.9. The molecule has 65 heavy (non-hydrogen) atoms. The van der Waals surface area contributed by atoms with E-state index in [1.54, 1.807) is 48.5 Å². The van der Waals surface area contributed by atoms with Gasteiger partial charge in [0.1, 0.15) is 29.0 Å². The first kappa shape index (κ1) is 45.7. The smallest absolute Gasteiger partial charge is 0.226 e. The highest BCUT2D eigenvalue weighted by molar-refractivity contribution is 6.28. The standard InChI is InChI=1S/C36H22F2N4.C15H8ClF2N3.CH4.HI/c37-30-17-13-24(14-18-30)34-40-35(25-15-19-31(38)20-16-25)42-36(41-34)33-10-4-9-32(39-33)29-8-3-7-27(22-29)28-12-11-23-5-1-2-6-26(23)21-28;16-15-20-13(9-1-5-11(17)6-2-9)19-14(21-15)10-3-7-12(18)8-4-10;;/h1-22H;1-8H;1H4;1H/p-1. The average molecular weight is 995 g/mol. The summed E-state index contributed by atoms with van der Waals surface area (Å²) >= 11 is 5.90. The van der Waals surface area contributed by atoms with Gasteiger partial charge >= 0.3 is 0 Å². The highest BCUT2D eigenvalue weighted by Crippen LogP contribution is 2.30. The lowest BCUT2D eigenvalue weighted by Crippen LogP contribution is -3.00. The van der Waals surface area contributed by atoms with Crippen LogP contribution in [0.15, 0.2) is 182 Å². The molecule has 10 aromatic rings. The third kappa shape index (κ3) is 10.9. The minimum atomic E-state index is -0.355. The van der Waals surface area contributed by atoms with Crippen molar-refractivity contribution in [3.8, 4) is 79.5 Å². The third-order valence-electron chi connectivity index (χ3n) is 9.87. The molecular weight excluding hydrogens is 961 g/mol. The maximum atomic E-state index is 13.6. The summed E-state index contributed by atoms with van der Waals surface area (Å²) in [5.74, 6) is 0.337. The lowest BCUT2D eigenvalue weighted by atomic mass is 9.99. The van der Waals surface area contributed by atoms with Crippen molar-refractivity contribution in [3.63, 3.8) is 0 Å². The van der Waals surface area contributed by atoms with E-state index in [9.17, 15) is 17.6 Å². The predicted molar refractivity (Wildman–Crippen MR) is 245 cm³/mol. The summed E-state index contributed by atoms with van der Waals surface area (Å²) in [6.45, 7) is 0. The van der Waals surface area contributed by atoms with E-state index in [0.717, 1.165) is 22.4 Å². The van der Waals surface area contributed by atoms with Crippen LogP contribution < -0.4 is 24.0 Å². The van der Waals surface area contributed by atoms with Crippen molar-refractivity contribution in [3.05, 3.63) is 211 Å². The average Bonchev–Trinajstić information content (AvgIpc) is 3.32. The van der Waals surface area contributed by atoms with Crippen LogP contribution in [0.4, 0.5) is 17.6 Å². The van der Waals surface area contributed by atoms with Crippen molar-refractivity contribution < 1.29 is 41.5 Å². The highest BCUT2D eigenvalue weighted by Gasteiger charge is 2.15. The fraction of sp³-hybridized carbons (Fsp3) is 0.0192. The quantitative estimate of drug-likeness (QED) is 0.116. The Labute approximate surface area is 394 Å². The van der Waals surface area contributed by atoms with Gasteiger partial charge in [-0.3, -0.25) is 0 Å². The van der Waals surface area contributed by atoms with Gasteiger partial charge in [0.15, 0.2) is 29.1 Å². The zero-order chi connectivity index (χ0) is 43.3. The molecule has 0 N–H and O–H groups in total. The number of nitrogens with zero attached hydrogens (tertiary/aromatic N) is 7. The lowest BCUT2D eigenvalue weighted by Gasteiger charge is -2.10. The Morgan fingerprint density at radius 3 is 1.15 bits per heavy atom. The summed E-state index contributed by atoms with van der Waals surface area (Å²) in [5, 5.41) is 2.40. The molecular formula is C52H34ClF4IN7-. The van der Waals surface area contributed by atoms with Gasteiger partial charge in [0, 0.05) is 27.8 Å². The molecule has 3 aromatic heterocycles. The predicted octanol–water partition coefficient (Wildman–Crippen LogP) is 10.8. The van der Waals surface area contributed by atoms with Gasteiger partial charge in [-0.1, -0.05) is 68.1 Å². The number of pyridine rings is 1. The minimum absolute atomic E-state index is 0.